The Bertz CT molecular complexity index is 5500. The van der Waals surface area contributed by atoms with Gasteiger partial charge in [-0.05, 0) is 252 Å². The molecule has 3 aliphatic heterocycles. The minimum atomic E-state index is -2.49. The second kappa shape index (κ2) is 70.5. The molecule has 10 aromatic heterocycles. The van der Waals surface area contributed by atoms with Crippen LogP contribution in [0.3, 0.4) is 0 Å². The molecule has 0 saturated carbocycles. The fourth-order valence-electron chi connectivity index (χ4n) is 11.2. The van der Waals surface area contributed by atoms with Crippen molar-refractivity contribution in [1.29, 1.82) is 0 Å². The maximum absolute atomic E-state index is 11.3. The highest BCUT2D eigenvalue weighted by Crippen LogP contribution is 2.21. The van der Waals surface area contributed by atoms with Crippen LogP contribution in [0.4, 0.5) is 0 Å². The molecule has 13 rings (SSSR count). The van der Waals surface area contributed by atoms with E-state index in [1.54, 1.807) is 103 Å². The van der Waals surface area contributed by atoms with Crippen LogP contribution in [-0.2, 0) is 41.7 Å². The zero-order valence-corrected chi connectivity index (χ0v) is 88.9. The Morgan fingerprint density at radius 2 is 0.723 bits per heavy atom. The molecule has 141 heavy (non-hydrogen) atoms. The van der Waals surface area contributed by atoms with Crippen molar-refractivity contribution < 1.29 is 4.11 Å². The molecule has 0 unspecified atom stereocenters. The maximum Gasteiger partial charge on any atom is 0.266 e. The van der Waals surface area contributed by atoms with E-state index < -0.39 is 12.5 Å². The van der Waals surface area contributed by atoms with Crippen molar-refractivity contribution in [3.63, 3.8) is 0 Å². The molecule has 3 aliphatic rings. The summed E-state index contributed by atoms with van der Waals surface area (Å²) in [5.74, 6) is 6.10. The van der Waals surface area contributed by atoms with Gasteiger partial charge >= 0.3 is 0 Å². The van der Waals surface area contributed by atoms with Crippen LogP contribution in [0.5, 0.6) is 0 Å². The number of aliphatic imine (C=N–C) groups is 1. The summed E-state index contributed by atoms with van der Waals surface area (Å²) in [6, 6.07) is 28.1. The number of aromatic nitrogens is 15. The molecule has 26 heteroatoms. The van der Waals surface area contributed by atoms with E-state index in [1.165, 1.54) is 54.9 Å². The van der Waals surface area contributed by atoms with Gasteiger partial charge in [-0.15, -0.1) is 0 Å². The Kier molecular flexibility index (Phi) is 63.9. The van der Waals surface area contributed by atoms with E-state index in [0.29, 0.717) is 75.7 Å². The number of aryl methyl sites for hydroxylation is 10. The molecule has 0 bridgehead atoms. The van der Waals surface area contributed by atoms with Crippen molar-refractivity contribution in [3.8, 4) is 0 Å². The number of rotatable bonds is 14. The minimum Gasteiger partial charge on any atom is -0.362 e. The third-order valence-corrected chi connectivity index (χ3v) is 20.8. The van der Waals surface area contributed by atoms with Crippen molar-refractivity contribution in [2.45, 2.75) is 310 Å². The molecule has 0 atom stereocenters. The first-order valence-electron chi connectivity index (χ1n) is 48.7. The van der Waals surface area contributed by atoms with Crippen LogP contribution in [0.15, 0.2) is 276 Å². The highest BCUT2D eigenvalue weighted by atomic mass is 16.2. The number of dihydropyridines is 1. The van der Waals surface area contributed by atoms with Gasteiger partial charge in [0, 0.05) is 154 Å². The number of pyridine rings is 5. The number of allylic oxidation sites excluding steroid dienone is 7. The van der Waals surface area contributed by atoms with E-state index in [9.17, 15) is 28.8 Å². The molecule has 0 aromatic carbocycles. The van der Waals surface area contributed by atoms with Crippen LogP contribution < -0.4 is 49.4 Å². The van der Waals surface area contributed by atoms with Gasteiger partial charge in [-0.3, -0.25) is 44.2 Å². The fraction of sp³-hybridized carbons (Fsp3) is 0.470. The van der Waals surface area contributed by atoms with E-state index in [4.69, 9.17) is 4.11 Å². The number of nitrogens with one attached hydrogen (secondary N) is 3. The number of hydrogen-bond donors (Lipinski definition) is 3. The number of hydrogen-bond acceptors (Lipinski definition) is 20. The lowest BCUT2D eigenvalue weighted by molar-refractivity contribution is 0.689. The summed E-state index contributed by atoms with van der Waals surface area (Å²) in [6.45, 7) is 74.1. The Morgan fingerprint density at radius 3 is 1.01 bits per heavy atom. The molecule has 0 fully saturated rings. The molecule has 0 saturated heterocycles. The predicted octanol–water partition coefficient (Wildman–Crippen LogP) is 24.7. The van der Waals surface area contributed by atoms with Gasteiger partial charge in [0.25, 0.3) is 33.4 Å². The standard InChI is InChI=1S/C10H15NO.2C9H13NO.3C9H13N.3C8H12N2O.4C8H12N2.4CH4/c1-4-11-6-5-9(8(2)3)7-10(11)12;2*1-7(2)8-4-5-10(3)9(11)6-8;3*1-7(2)9-4-5-10-8(3)6-9;1-6(2)7-4-8(11)10(3)5-9-7;2*1-6(2)7-4-8(11)10(3)9-5-7;1-6(2)8-4-7(3)9-5-10-8;3*1-6(2)8-4-7(3)10-9-5-8;;;;/h5-8H,4H2,1-3H3;2*4-7H,1-3H3;2*4-7H,1-3H3;4-7,10H,3H2,1-2H3;3*4-6H,1-3H3;4-6H,3H2,1-2H3,(H,9,10);2*4-6H,1-3H3;4-6,10H,3H2,1-2H3;4*1H4/i;;;;;;;3D3;;;;;;;;;. The third-order valence-electron chi connectivity index (χ3n) is 20.8. The van der Waals surface area contributed by atoms with Crippen LogP contribution in [0.2, 0.25) is 0 Å². The SMILES string of the molecule is C.C.C.C.C=C1C=C(C(C)C)C=CN1.C=C1C=C(C(C)C)C=NN1.C=C1C=C(C(C)C)N=CN1.CC(C)c1cc(=O)n(C)cn1.CC(C)c1ccn(C)c(=O)c1.CC(C)c1ccn(C)c(=O)c1.CC(C)c1cnn(C)c(=O)c1.CCn1ccc(C(C)C)cc1=O.Cc1cc(C(C)C)ccn1.Cc1cc(C(C)C)ccn1.Cc1cc(C(C)C)cnn1.Cc1cc(C(C)C)cnn1.[2H]C([2H])([2H])n1ncc(C(C)C)cc1=O. The first-order chi connectivity index (χ1) is 65.3. The van der Waals surface area contributed by atoms with Crippen LogP contribution in [0, 0.1) is 45.4 Å². The van der Waals surface area contributed by atoms with Crippen LogP contribution in [0.25, 0.3) is 0 Å². The average molecular weight is 1940 g/mol. The Labute approximate surface area is 852 Å². The van der Waals surface area contributed by atoms with Crippen molar-refractivity contribution in [2.24, 2.45) is 63.0 Å². The van der Waals surface area contributed by atoms with Gasteiger partial charge in [-0.2, -0.15) is 35.7 Å². The monoisotopic (exact) mass is 1940 g/mol. The lowest BCUT2D eigenvalue weighted by Crippen LogP contribution is -2.19. The summed E-state index contributed by atoms with van der Waals surface area (Å²) in [6.07, 6.45) is 31.1. The highest BCUT2D eigenvalue weighted by molar-refractivity contribution is 5.80. The molecule has 10 aromatic rings. The van der Waals surface area contributed by atoms with Crippen molar-refractivity contribution in [1.82, 2.24) is 89.2 Å². The molecular formula is C115H180N20O6. The van der Waals surface area contributed by atoms with Gasteiger partial charge < -0.3 is 28.9 Å². The Hall–Kier alpha value is -13.1. The summed E-state index contributed by atoms with van der Waals surface area (Å²) >= 11 is 0. The van der Waals surface area contributed by atoms with Gasteiger partial charge in [0.1, 0.15) is 0 Å². The van der Waals surface area contributed by atoms with E-state index >= 15 is 0 Å². The predicted molar refractivity (Wildman–Crippen MR) is 599 cm³/mol. The van der Waals surface area contributed by atoms with Gasteiger partial charge in [0.2, 0.25) is 0 Å². The summed E-state index contributed by atoms with van der Waals surface area (Å²) < 4.78 is 29.2. The number of nitrogens with zero attached hydrogens (tertiary/aromatic N) is 17. The molecule has 13 heterocycles. The Balaban J connectivity index is -0.000000736. The van der Waals surface area contributed by atoms with Gasteiger partial charge in [-0.1, -0.05) is 229 Å². The van der Waals surface area contributed by atoms with E-state index in [2.05, 4.69) is 278 Å². The van der Waals surface area contributed by atoms with Crippen LogP contribution in [0.1, 0.15) is 358 Å². The molecular weight excluding hydrogens is 1760 g/mol. The zero-order valence-electron chi connectivity index (χ0n) is 91.9. The van der Waals surface area contributed by atoms with Crippen molar-refractivity contribution in [3.05, 3.63) is 378 Å². The quantitative estimate of drug-likeness (QED) is 0.0911. The third kappa shape index (κ3) is 55.5. The summed E-state index contributed by atoms with van der Waals surface area (Å²) in [7, 11) is 6.85. The lowest BCUT2D eigenvalue weighted by atomic mass is 10.0. The van der Waals surface area contributed by atoms with E-state index in [1.807, 2.05) is 150 Å². The van der Waals surface area contributed by atoms with Crippen molar-refractivity contribution in [2.75, 3.05) is 0 Å². The summed E-state index contributed by atoms with van der Waals surface area (Å²) in [5.41, 5.74) is 24.1. The zero-order chi connectivity index (χ0) is 107. The second-order valence-corrected chi connectivity index (χ2v) is 37.4. The largest absolute Gasteiger partial charge is 0.362 e. The van der Waals surface area contributed by atoms with Gasteiger partial charge in [0.05, 0.1) is 60.7 Å². The number of hydrazone groups is 1. The first-order valence-corrected chi connectivity index (χ1v) is 47.2. The Morgan fingerprint density at radius 1 is 0.362 bits per heavy atom. The smallest absolute Gasteiger partial charge is 0.266 e. The van der Waals surface area contributed by atoms with Gasteiger partial charge in [-0.25, -0.2) is 19.3 Å². The average Bonchev–Trinajstić information content (AvgIpc) is 0.822. The summed E-state index contributed by atoms with van der Waals surface area (Å²) in [4.78, 5) is 83.5. The van der Waals surface area contributed by atoms with E-state index in [-0.39, 0.29) is 63.4 Å². The topological polar surface area (TPSA) is 309 Å². The molecule has 0 radical (unpaired) electrons. The lowest BCUT2D eigenvalue weighted by Gasteiger charge is -2.12. The van der Waals surface area contributed by atoms with Crippen LogP contribution >= 0.6 is 0 Å². The van der Waals surface area contributed by atoms with Gasteiger partial charge in [0.15, 0.2) is 0 Å². The molecule has 0 amide bonds. The maximum atomic E-state index is 11.3. The molecule has 0 aliphatic carbocycles. The molecule has 26 nitrogen and oxygen atoms in total. The van der Waals surface area contributed by atoms with E-state index in [0.717, 1.165) is 85.6 Å². The van der Waals surface area contributed by atoms with Crippen LogP contribution in [-0.4, -0.2) is 85.7 Å². The summed E-state index contributed by atoms with van der Waals surface area (Å²) in [5, 5.41) is 32.8. The fourth-order valence-corrected chi connectivity index (χ4v) is 11.2. The highest BCUT2D eigenvalue weighted by Gasteiger charge is 2.11. The molecule has 3 N–H and O–H groups in total. The minimum absolute atomic E-state index is 0. The molecule has 0 spiro atoms. The second-order valence-electron chi connectivity index (χ2n) is 37.4. The first kappa shape index (κ1) is 128. The molecule has 776 valence electrons. The normalized spacial score (nSPS) is 12.0. The van der Waals surface area contributed by atoms with Crippen molar-refractivity contribution >= 4 is 12.6 Å².